The highest BCUT2D eigenvalue weighted by Crippen LogP contribution is 2.45. The van der Waals surface area contributed by atoms with E-state index in [1.54, 1.807) is 32.0 Å². The van der Waals surface area contributed by atoms with E-state index in [0.29, 0.717) is 52.2 Å². The average Bonchev–Trinajstić information content (AvgIpc) is 3.60. The number of pyridine rings is 1. The Hall–Kier alpha value is -4.51. The minimum atomic E-state index is -1.07. The van der Waals surface area contributed by atoms with Crippen LogP contribution >= 0.6 is 11.3 Å². The second kappa shape index (κ2) is 11.4. The number of carbonyl (C=O) groups excluding carboxylic acids is 3. The first-order valence-corrected chi connectivity index (χ1v) is 14.5. The number of aliphatic hydroxyl groups is 1. The molecule has 4 aromatic rings. The van der Waals surface area contributed by atoms with E-state index >= 15 is 0 Å². The van der Waals surface area contributed by atoms with Gasteiger partial charge in [0.2, 0.25) is 0 Å². The lowest BCUT2D eigenvalue weighted by atomic mass is 9.96. The number of rotatable bonds is 9. The zero-order chi connectivity index (χ0) is 30.3. The number of nitrogens with zero attached hydrogens (tertiary/aromatic N) is 4. The smallest absolute Gasteiger partial charge is 0.301 e. The number of aryl methyl sites for hydroxylation is 3. The number of imidazole rings is 1. The average molecular weight is 589 g/mol. The summed E-state index contributed by atoms with van der Waals surface area (Å²) < 4.78 is 13.6. The van der Waals surface area contributed by atoms with Crippen molar-refractivity contribution in [1.29, 1.82) is 0 Å². The number of aliphatic hydroxyl groups excluding tert-OH is 1. The molecule has 1 saturated heterocycles. The fourth-order valence-electron chi connectivity index (χ4n) is 5.13. The van der Waals surface area contributed by atoms with Crippen LogP contribution in [-0.4, -0.2) is 50.2 Å². The molecular formula is C31H32N4O6S. The SMILES string of the molecule is CCCOc1ccc(C2C(=C(O)c3nc4c(C)cccn4c3C)C(=O)C(=O)N2c2nc(C)c(C(C)=O)s2)cc1OCC. The standard InChI is InChI=1S/C31H32N4O6S/c1-7-14-41-21-12-11-20(15-22(21)40-8-2)25-23(26(37)24-18(5)34-13-9-10-16(3)29(34)33-24)27(38)30(39)35(25)31-32-17(4)28(42-31)19(6)36/h9-13,15,25,37H,7-8,14H2,1-6H3. The van der Waals surface area contributed by atoms with Gasteiger partial charge in [-0.05, 0) is 63.4 Å². The number of Topliss-reactive ketones (excluding diaryl/α,β-unsaturated/α-hetero) is 2. The number of aromatic nitrogens is 3. The van der Waals surface area contributed by atoms with Crippen molar-refractivity contribution in [3.63, 3.8) is 0 Å². The first-order chi connectivity index (χ1) is 20.1. The summed E-state index contributed by atoms with van der Waals surface area (Å²) >= 11 is 1.03. The molecule has 0 saturated carbocycles. The summed E-state index contributed by atoms with van der Waals surface area (Å²) in [4.78, 5) is 50.4. The number of thiazole rings is 1. The van der Waals surface area contributed by atoms with Crippen LogP contribution in [-0.2, 0) is 9.59 Å². The molecule has 1 aliphatic rings. The zero-order valence-electron chi connectivity index (χ0n) is 24.3. The van der Waals surface area contributed by atoms with Gasteiger partial charge in [0.15, 0.2) is 28.2 Å². The molecule has 1 atom stereocenters. The Labute approximate surface area is 247 Å². The maximum atomic E-state index is 13.7. The van der Waals surface area contributed by atoms with Crippen LogP contribution in [0.3, 0.4) is 0 Å². The largest absolute Gasteiger partial charge is 0.505 e. The molecule has 0 radical (unpaired) electrons. The summed E-state index contributed by atoms with van der Waals surface area (Å²) in [6.07, 6.45) is 2.62. The van der Waals surface area contributed by atoms with E-state index in [9.17, 15) is 19.5 Å². The van der Waals surface area contributed by atoms with Crippen LogP contribution in [0.2, 0.25) is 0 Å². The number of carbonyl (C=O) groups is 3. The molecule has 3 aromatic heterocycles. The summed E-state index contributed by atoms with van der Waals surface area (Å²) in [6.45, 7) is 11.5. The summed E-state index contributed by atoms with van der Waals surface area (Å²) in [6, 6.07) is 7.87. The van der Waals surface area contributed by atoms with Crippen molar-refractivity contribution in [3.8, 4) is 11.5 Å². The van der Waals surface area contributed by atoms with E-state index in [-0.39, 0.29) is 22.2 Å². The number of benzene rings is 1. The molecule has 1 aliphatic heterocycles. The van der Waals surface area contributed by atoms with Gasteiger partial charge in [0, 0.05) is 13.1 Å². The van der Waals surface area contributed by atoms with Crippen molar-refractivity contribution in [1.82, 2.24) is 14.4 Å². The molecule has 11 heteroatoms. The van der Waals surface area contributed by atoms with Crippen LogP contribution < -0.4 is 14.4 Å². The van der Waals surface area contributed by atoms with Crippen LogP contribution in [0.1, 0.15) is 71.1 Å². The van der Waals surface area contributed by atoms with Gasteiger partial charge in [0.25, 0.3) is 5.78 Å². The quantitative estimate of drug-likeness (QED) is 0.114. The van der Waals surface area contributed by atoms with Gasteiger partial charge in [0.1, 0.15) is 11.3 Å². The Morgan fingerprint density at radius 3 is 2.48 bits per heavy atom. The summed E-state index contributed by atoms with van der Waals surface area (Å²) in [5.74, 6) is -1.38. The topological polar surface area (TPSA) is 123 Å². The molecule has 42 heavy (non-hydrogen) atoms. The molecule has 218 valence electrons. The molecule has 5 rings (SSSR count). The van der Waals surface area contributed by atoms with Crippen molar-refractivity contribution in [2.24, 2.45) is 0 Å². The number of hydrogen-bond donors (Lipinski definition) is 1. The molecule has 1 amide bonds. The zero-order valence-corrected chi connectivity index (χ0v) is 25.2. The lowest BCUT2D eigenvalue weighted by Crippen LogP contribution is -2.29. The lowest BCUT2D eigenvalue weighted by Gasteiger charge is -2.24. The van der Waals surface area contributed by atoms with Crippen molar-refractivity contribution >= 4 is 45.3 Å². The first kappa shape index (κ1) is 29.0. The molecule has 1 fully saturated rings. The third-order valence-electron chi connectivity index (χ3n) is 7.11. The Bertz CT molecular complexity index is 1770. The number of amides is 1. The first-order valence-electron chi connectivity index (χ1n) is 13.7. The molecule has 1 unspecified atom stereocenters. The monoisotopic (exact) mass is 588 g/mol. The van der Waals surface area contributed by atoms with E-state index < -0.39 is 23.5 Å². The highest BCUT2D eigenvalue weighted by molar-refractivity contribution is 7.18. The Morgan fingerprint density at radius 2 is 1.83 bits per heavy atom. The van der Waals surface area contributed by atoms with Crippen LogP contribution in [0.5, 0.6) is 11.5 Å². The molecular weight excluding hydrogens is 556 g/mol. The van der Waals surface area contributed by atoms with Crippen LogP contribution in [0.25, 0.3) is 11.4 Å². The van der Waals surface area contributed by atoms with Gasteiger partial charge in [-0.25, -0.2) is 9.97 Å². The van der Waals surface area contributed by atoms with Gasteiger partial charge >= 0.3 is 5.91 Å². The van der Waals surface area contributed by atoms with Gasteiger partial charge in [-0.1, -0.05) is 30.4 Å². The Balaban J connectivity index is 1.76. The van der Waals surface area contributed by atoms with Gasteiger partial charge in [0.05, 0.1) is 41.1 Å². The maximum Gasteiger partial charge on any atom is 0.301 e. The van der Waals surface area contributed by atoms with Crippen LogP contribution in [0, 0.1) is 20.8 Å². The Morgan fingerprint density at radius 1 is 1.07 bits per heavy atom. The number of hydrogen-bond acceptors (Lipinski definition) is 9. The minimum Gasteiger partial charge on any atom is -0.505 e. The predicted octanol–water partition coefficient (Wildman–Crippen LogP) is 5.73. The second-order valence-corrected chi connectivity index (χ2v) is 11.0. The lowest BCUT2D eigenvalue weighted by molar-refractivity contribution is -0.132. The number of ketones is 2. The molecule has 1 aromatic carbocycles. The fraction of sp³-hybridized carbons (Fsp3) is 0.323. The highest BCUT2D eigenvalue weighted by Gasteiger charge is 2.49. The molecule has 4 heterocycles. The predicted molar refractivity (Wildman–Crippen MR) is 160 cm³/mol. The molecule has 0 aliphatic carbocycles. The van der Waals surface area contributed by atoms with Crippen LogP contribution in [0.4, 0.5) is 5.13 Å². The molecule has 0 spiro atoms. The highest BCUT2D eigenvalue weighted by atomic mass is 32.1. The number of fused-ring (bicyclic) bond motifs is 1. The number of anilines is 1. The van der Waals surface area contributed by atoms with Crippen LogP contribution in [0.15, 0.2) is 42.1 Å². The van der Waals surface area contributed by atoms with Gasteiger partial charge in [-0.15, -0.1) is 0 Å². The molecule has 0 bridgehead atoms. The minimum absolute atomic E-state index is 0.133. The van der Waals surface area contributed by atoms with Gasteiger partial charge in [-0.3, -0.25) is 19.3 Å². The van der Waals surface area contributed by atoms with E-state index in [1.807, 2.05) is 43.5 Å². The molecule has 10 nitrogen and oxygen atoms in total. The van der Waals surface area contributed by atoms with Crippen molar-refractivity contribution < 1.29 is 29.0 Å². The third-order valence-corrected chi connectivity index (χ3v) is 8.37. The van der Waals surface area contributed by atoms with Gasteiger partial charge in [-0.2, -0.15) is 0 Å². The van der Waals surface area contributed by atoms with E-state index in [4.69, 9.17) is 9.47 Å². The van der Waals surface area contributed by atoms with Crippen molar-refractivity contribution in [3.05, 3.63) is 75.2 Å². The third kappa shape index (κ3) is 4.83. The summed E-state index contributed by atoms with van der Waals surface area (Å²) in [5, 5.41) is 11.9. The van der Waals surface area contributed by atoms with E-state index in [1.165, 1.54) is 11.8 Å². The summed E-state index contributed by atoms with van der Waals surface area (Å²) in [5.41, 5.74) is 3.13. The fourth-order valence-corrected chi connectivity index (χ4v) is 6.11. The Kier molecular flexibility index (Phi) is 7.87. The maximum absolute atomic E-state index is 13.7. The van der Waals surface area contributed by atoms with Crippen molar-refractivity contribution in [2.45, 2.75) is 54.0 Å². The van der Waals surface area contributed by atoms with Crippen molar-refractivity contribution in [2.75, 3.05) is 18.1 Å². The normalized spacial score (nSPS) is 16.4. The summed E-state index contributed by atoms with van der Waals surface area (Å²) in [7, 11) is 0. The van der Waals surface area contributed by atoms with E-state index in [0.717, 1.165) is 23.3 Å². The molecule has 1 N–H and O–H groups in total. The van der Waals surface area contributed by atoms with E-state index in [2.05, 4.69) is 9.97 Å². The van der Waals surface area contributed by atoms with Gasteiger partial charge < -0.3 is 19.0 Å². The second-order valence-electron chi connectivity index (χ2n) is 10.1. The number of ether oxygens (including phenoxy) is 2.